The van der Waals surface area contributed by atoms with Crippen molar-refractivity contribution in [3.8, 4) is 11.5 Å². The number of nitrogens with one attached hydrogen (secondary N) is 3. The lowest BCUT2D eigenvalue weighted by Gasteiger charge is -2.23. The van der Waals surface area contributed by atoms with Gasteiger partial charge in [0.25, 0.3) is 0 Å². The van der Waals surface area contributed by atoms with Crippen LogP contribution < -0.4 is 20.7 Å². The molecule has 0 saturated heterocycles. The number of para-hydroxylation sites is 1. The summed E-state index contributed by atoms with van der Waals surface area (Å²) >= 11 is 0. The summed E-state index contributed by atoms with van der Waals surface area (Å²) in [5.41, 5.74) is -0.229. The lowest BCUT2D eigenvalue weighted by atomic mass is 10.1. The molecule has 0 aliphatic heterocycles. The van der Waals surface area contributed by atoms with Gasteiger partial charge < -0.3 is 30.2 Å². The van der Waals surface area contributed by atoms with Crippen molar-refractivity contribution < 1.29 is 33.4 Å². The molecule has 3 amide bonds. The summed E-state index contributed by atoms with van der Waals surface area (Å²) in [6.07, 6.45) is -0.910. The molecule has 0 aliphatic rings. The van der Waals surface area contributed by atoms with Gasteiger partial charge in [-0.15, -0.1) is 0 Å². The molecule has 0 fully saturated rings. The number of carbonyl (C=O) groups excluding carboxylic acids is 4. The third kappa shape index (κ3) is 10.6. The van der Waals surface area contributed by atoms with Crippen LogP contribution in [-0.2, 0) is 23.9 Å². The third-order valence-electron chi connectivity index (χ3n) is 4.42. The number of methoxy groups -OCH3 is 1. The first kappa shape index (κ1) is 27.2. The zero-order chi connectivity index (χ0) is 25.8. The Morgan fingerprint density at radius 3 is 2.14 bits per heavy atom. The van der Waals surface area contributed by atoms with E-state index in [-0.39, 0.29) is 25.3 Å². The number of rotatable bonds is 10. The SMILES string of the molecule is COC(=O)CNC(=O)[C@H](CCC(=O)Nc1ccc(Oc2ccccc2)cc1)NC(=O)OC(C)(C)C. The van der Waals surface area contributed by atoms with E-state index in [4.69, 9.17) is 9.47 Å². The van der Waals surface area contributed by atoms with Crippen LogP contribution in [0.3, 0.4) is 0 Å². The fourth-order valence-electron chi connectivity index (χ4n) is 2.80. The van der Waals surface area contributed by atoms with Crippen LogP contribution in [0.4, 0.5) is 10.5 Å². The van der Waals surface area contributed by atoms with Crippen molar-refractivity contribution in [1.82, 2.24) is 10.6 Å². The van der Waals surface area contributed by atoms with E-state index in [2.05, 4.69) is 20.7 Å². The first-order valence-corrected chi connectivity index (χ1v) is 11.0. The maximum atomic E-state index is 12.5. The van der Waals surface area contributed by atoms with Crippen molar-refractivity contribution in [3.63, 3.8) is 0 Å². The van der Waals surface area contributed by atoms with Crippen molar-refractivity contribution in [3.05, 3.63) is 54.6 Å². The Kier molecular flexibility index (Phi) is 10.1. The predicted molar refractivity (Wildman–Crippen MR) is 129 cm³/mol. The number of amides is 3. The molecule has 0 aliphatic carbocycles. The van der Waals surface area contributed by atoms with Gasteiger partial charge in [-0.25, -0.2) is 4.79 Å². The minimum absolute atomic E-state index is 0.0206. The second-order valence-corrected chi connectivity index (χ2v) is 8.52. The summed E-state index contributed by atoms with van der Waals surface area (Å²) < 4.78 is 15.4. The summed E-state index contributed by atoms with van der Waals surface area (Å²) in [6.45, 7) is 4.68. The van der Waals surface area contributed by atoms with Gasteiger partial charge in [0, 0.05) is 12.1 Å². The van der Waals surface area contributed by atoms with Crippen molar-refractivity contribution in [2.45, 2.75) is 45.3 Å². The Balaban J connectivity index is 1.92. The number of hydrogen-bond acceptors (Lipinski definition) is 7. The smallest absolute Gasteiger partial charge is 0.408 e. The summed E-state index contributed by atoms with van der Waals surface area (Å²) in [5.74, 6) is -0.349. The molecule has 0 aromatic heterocycles. The monoisotopic (exact) mass is 485 g/mol. The summed E-state index contributed by atoms with van der Waals surface area (Å²) in [6, 6.07) is 15.0. The molecule has 188 valence electrons. The number of benzene rings is 2. The highest BCUT2D eigenvalue weighted by atomic mass is 16.6. The number of ether oxygens (including phenoxy) is 3. The highest BCUT2D eigenvalue weighted by Gasteiger charge is 2.25. The van der Waals surface area contributed by atoms with Gasteiger partial charge in [-0.3, -0.25) is 14.4 Å². The molecule has 0 unspecified atom stereocenters. The van der Waals surface area contributed by atoms with E-state index in [1.165, 1.54) is 7.11 Å². The highest BCUT2D eigenvalue weighted by molar-refractivity contribution is 5.92. The topological polar surface area (TPSA) is 132 Å². The van der Waals surface area contributed by atoms with Crippen molar-refractivity contribution in [1.29, 1.82) is 0 Å². The summed E-state index contributed by atoms with van der Waals surface area (Å²) in [7, 11) is 1.19. The van der Waals surface area contributed by atoms with E-state index in [0.29, 0.717) is 17.2 Å². The number of esters is 1. The van der Waals surface area contributed by atoms with E-state index in [1.54, 1.807) is 45.0 Å². The van der Waals surface area contributed by atoms with Crippen LogP contribution in [0.1, 0.15) is 33.6 Å². The van der Waals surface area contributed by atoms with E-state index in [9.17, 15) is 19.2 Å². The van der Waals surface area contributed by atoms with Gasteiger partial charge in [0.15, 0.2) is 0 Å². The van der Waals surface area contributed by atoms with E-state index >= 15 is 0 Å². The van der Waals surface area contributed by atoms with Gasteiger partial charge in [-0.1, -0.05) is 18.2 Å². The normalized spacial score (nSPS) is 11.5. The van der Waals surface area contributed by atoms with Crippen LogP contribution >= 0.6 is 0 Å². The van der Waals surface area contributed by atoms with Gasteiger partial charge in [-0.05, 0) is 63.6 Å². The van der Waals surface area contributed by atoms with Gasteiger partial charge in [0.1, 0.15) is 29.7 Å². The van der Waals surface area contributed by atoms with E-state index < -0.39 is 29.6 Å². The molecule has 2 aromatic carbocycles. The highest BCUT2D eigenvalue weighted by Crippen LogP contribution is 2.22. The fraction of sp³-hybridized carbons (Fsp3) is 0.360. The maximum absolute atomic E-state index is 12.5. The largest absolute Gasteiger partial charge is 0.468 e. The minimum atomic E-state index is -1.10. The molecule has 35 heavy (non-hydrogen) atoms. The van der Waals surface area contributed by atoms with E-state index in [0.717, 1.165) is 0 Å². The molecule has 2 aromatic rings. The third-order valence-corrected chi connectivity index (χ3v) is 4.42. The minimum Gasteiger partial charge on any atom is -0.468 e. The lowest BCUT2D eigenvalue weighted by molar-refractivity contribution is -0.141. The number of carbonyl (C=O) groups is 4. The molecule has 0 spiro atoms. The van der Waals surface area contributed by atoms with Crippen LogP contribution in [0.2, 0.25) is 0 Å². The second-order valence-electron chi connectivity index (χ2n) is 8.52. The summed E-state index contributed by atoms with van der Waals surface area (Å²) in [5, 5.41) is 7.55. The van der Waals surface area contributed by atoms with Crippen molar-refractivity contribution >= 4 is 29.6 Å². The van der Waals surface area contributed by atoms with Gasteiger partial charge in [0.05, 0.1) is 7.11 Å². The lowest BCUT2D eigenvalue weighted by Crippen LogP contribution is -2.49. The first-order chi connectivity index (χ1) is 16.6. The second kappa shape index (κ2) is 13.0. The van der Waals surface area contributed by atoms with Crippen LogP contribution in [-0.4, -0.2) is 49.2 Å². The Labute approximate surface area is 204 Å². The summed E-state index contributed by atoms with van der Waals surface area (Å²) in [4.78, 5) is 48.4. The molecule has 0 heterocycles. The number of hydrogen-bond donors (Lipinski definition) is 3. The average molecular weight is 486 g/mol. The average Bonchev–Trinajstić information content (AvgIpc) is 2.80. The van der Waals surface area contributed by atoms with E-state index in [1.807, 2.05) is 30.3 Å². The molecule has 1 atom stereocenters. The molecule has 10 nitrogen and oxygen atoms in total. The Hall–Kier alpha value is -4.08. The molecule has 0 saturated carbocycles. The Bertz CT molecular complexity index is 1000. The van der Waals surface area contributed by atoms with Crippen molar-refractivity contribution in [2.75, 3.05) is 19.0 Å². The molecule has 0 radical (unpaired) electrons. The number of alkyl carbamates (subject to hydrolysis) is 1. The van der Waals surface area contributed by atoms with Crippen LogP contribution in [0, 0.1) is 0 Å². The van der Waals surface area contributed by atoms with Crippen LogP contribution in [0.25, 0.3) is 0 Å². The Morgan fingerprint density at radius 1 is 0.914 bits per heavy atom. The Morgan fingerprint density at radius 2 is 1.54 bits per heavy atom. The molecule has 10 heteroatoms. The molecule has 3 N–H and O–H groups in total. The molecule has 0 bridgehead atoms. The van der Waals surface area contributed by atoms with Crippen molar-refractivity contribution in [2.24, 2.45) is 0 Å². The fourth-order valence-corrected chi connectivity index (χ4v) is 2.80. The maximum Gasteiger partial charge on any atom is 0.408 e. The van der Waals surface area contributed by atoms with Gasteiger partial charge in [0.2, 0.25) is 11.8 Å². The zero-order valence-corrected chi connectivity index (χ0v) is 20.3. The van der Waals surface area contributed by atoms with Gasteiger partial charge >= 0.3 is 12.1 Å². The zero-order valence-electron chi connectivity index (χ0n) is 20.3. The quantitative estimate of drug-likeness (QED) is 0.440. The van der Waals surface area contributed by atoms with Gasteiger partial charge in [-0.2, -0.15) is 0 Å². The number of anilines is 1. The standard InChI is InChI=1S/C25H31N3O7/c1-25(2,3)35-24(32)28-20(23(31)26-16-22(30)33-4)14-15-21(29)27-17-10-12-19(13-11-17)34-18-8-6-5-7-9-18/h5-13,20H,14-16H2,1-4H3,(H,26,31)(H,27,29)(H,28,32)/t20-/m0/s1. The van der Waals surface area contributed by atoms with Crippen LogP contribution in [0.5, 0.6) is 11.5 Å². The molecular formula is C25H31N3O7. The predicted octanol–water partition coefficient (Wildman–Crippen LogP) is 3.38. The molecule has 2 rings (SSSR count). The molecular weight excluding hydrogens is 454 g/mol. The van der Waals surface area contributed by atoms with Crippen LogP contribution in [0.15, 0.2) is 54.6 Å². The first-order valence-electron chi connectivity index (χ1n) is 11.0.